The van der Waals surface area contributed by atoms with Crippen LogP contribution in [0.25, 0.3) is 0 Å². The average Bonchev–Trinajstić information content (AvgIpc) is 2.67. The van der Waals surface area contributed by atoms with Gasteiger partial charge in [-0.25, -0.2) is 0 Å². The molecule has 9 heavy (non-hydrogen) atoms. The van der Waals surface area contributed by atoms with Crippen molar-refractivity contribution in [2.75, 3.05) is 13.2 Å². The molecule has 0 unspecified atom stereocenters. The summed E-state index contributed by atoms with van der Waals surface area (Å²) in [6.07, 6.45) is 0.715. The molecule has 0 aromatic carbocycles. The quantitative estimate of drug-likeness (QED) is 0.384. The highest BCUT2D eigenvalue weighted by atomic mass is 16.6. The van der Waals surface area contributed by atoms with Crippen molar-refractivity contribution in [3.8, 4) is 12.1 Å². The Labute approximate surface area is 54.5 Å². The van der Waals surface area contributed by atoms with Crippen LogP contribution in [0, 0.1) is 22.7 Å². The summed E-state index contributed by atoms with van der Waals surface area (Å²) < 4.78 is 4.50. The Hall–Kier alpha value is -1.06. The standard InChI is InChI=1S/C4H4N2.C2H4O/c5-3-1-2-4-6;1-2-3-1/h1-2H2;1-2H2. The maximum atomic E-state index is 7.80. The van der Waals surface area contributed by atoms with Gasteiger partial charge >= 0.3 is 0 Å². The third-order valence-corrected chi connectivity index (χ3v) is 0.553. The zero-order valence-electron chi connectivity index (χ0n) is 5.13. The van der Waals surface area contributed by atoms with E-state index in [2.05, 4.69) is 4.74 Å². The van der Waals surface area contributed by atoms with E-state index in [1.165, 1.54) is 0 Å². The topological polar surface area (TPSA) is 60.1 Å². The molecule has 1 saturated heterocycles. The third kappa shape index (κ3) is 19.6. The Morgan fingerprint density at radius 3 is 1.56 bits per heavy atom. The zero-order chi connectivity index (χ0) is 6.95. The van der Waals surface area contributed by atoms with Gasteiger partial charge in [0.05, 0.1) is 25.4 Å². The molecule has 1 fully saturated rings. The molecule has 1 heterocycles. The molecule has 0 saturated carbocycles. The lowest BCUT2D eigenvalue weighted by Gasteiger charge is -1.63. The summed E-state index contributed by atoms with van der Waals surface area (Å²) in [5.41, 5.74) is 0. The summed E-state index contributed by atoms with van der Waals surface area (Å²) in [6.45, 7) is 2.00. The van der Waals surface area contributed by atoms with Crippen molar-refractivity contribution in [2.45, 2.75) is 12.8 Å². The van der Waals surface area contributed by atoms with Gasteiger partial charge in [0.2, 0.25) is 0 Å². The molecule has 0 amide bonds. The highest BCUT2D eigenvalue weighted by molar-refractivity contribution is 4.78. The lowest BCUT2D eigenvalue weighted by atomic mass is 10.4. The van der Waals surface area contributed by atoms with Crippen LogP contribution in [0.5, 0.6) is 0 Å². The van der Waals surface area contributed by atoms with Crippen LogP contribution >= 0.6 is 0 Å². The molecular formula is C6H8N2O. The van der Waals surface area contributed by atoms with Crippen LogP contribution < -0.4 is 0 Å². The molecule has 1 rings (SSSR count). The van der Waals surface area contributed by atoms with Crippen molar-refractivity contribution in [3.05, 3.63) is 0 Å². The highest BCUT2D eigenvalue weighted by Crippen LogP contribution is 1.84. The van der Waals surface area contributed by atoms with Crippen LogP contribution in [0.3, 0.4) is 0 Å². The Morgan fingerprint density at radius 2 is 1.44 bits per heavy atom. The summed E-state index contributed by atoms with van der Waals surface area (Å²) in [7, 11) is 0. The van der Waals surface area contributed by atoms with E-state index in [1.54, 1.807) is 0 Å². The Kier molecular flexibility index (Phi) is 6.12. The van der Waals surface area contributed by atoms with Crippen molar-refractivity contribution >= 4 is 0 Å². The van der Waals surface area contributed by atoms with Crippen LogP contribution in [-0.4, -0.2) is 13.2 Å². The van der Waals surface area contributed by atoms with E-state index in [0.29, 0.717) is 12.8 Å². The Bertz CT molecular complexity index is 112. The number of nitriles is 2. The smallest absolute Gasteiger partial charge is 0.0701 e. The van der Waals surface area contributed by atoms with Gasteiger partial charge in [-0.15, -0.1) is 0 Å². The van der Waals surface area contributed by atoms with Gasteiger partial charge in [-0.2, -0.15) is 10.5 Å². The van der Waals surface area contributed by atoms with Crippen molar-refractivity contribution < 1.29 is 4.74 Å². The second-order valence-corrected chi connectivity index (χ2v) is 1.43. The predicted octanol–water partition coefficient (Wildman–Crippen LogP) is 0.830. The summed E-state index contributed by atoms with van der Waals surface area (Å²) in [5, 5.41) is 15.6. The number of epoxide rings is 1. The minimum absolute atomic E-state index is 0.358. The third-order valence-electron chi connectivity index (χ3n) is 0.553. The van der Waals surface area contributed by atoms with Gasteiger partial charge in [0, 0.05) is 12.8 Å². The van der Waals surface area contributed by atoms with E-state index in [4.69, 9.17) is 10.5 Å². The fraction of sp³-hybridized carbons (Fsp3) is 0.667. The monoisotopic (exact) mass is 124 g/mol. The van der Waals surface area contributed by atoms with Crippen LogP contribution in [0.4, 0.5) is 0 Å². The highest BCUT2D eigenvalue weighted by Gasteiger charge is 1.94. The molecule has 0 bridgehead atoms. The van der Waals surface area contributed by atoms with Gasteiger partial charge in [-0.3, -0.25) is 0 Å². The molecule has 0 spiro atoms. The number of hydrogen-bond donors (Lipinski definition) is 0. The summed E-state index contributed by atoms with van der Waals surface area (Å²) in [4.78, 5) is 0. The zero-order valence-corrected chi connectivity index (χ0v) is 5.13. The lowest BCUT2D eigenvalue weighted by Crippen LogP contribution is -1.58. The fourth-order valence-electron chi connectivity index (χ4n) is 0.112. The van der Waals surface area contributed by atoms with Crippen molar-refractivity contribution in [1.29, 1.82) is 10.5 Å². The number of ether oxygens (including phenoxy) is 1. The van der Waals surface area contributed by atoms with Gasteiger partial charge in [0.15, 0.2) is 0 Å². The molecule has 0 radical (unpaired) electrons. The molecule has 3 nitrogen and oxygen atoms in total. The Morgan fingerprint density at radius 1 is 1.11 bits per heavy atom. The minimum atomic E-state index is 0.358. The number of hydrogen-bond acceptors (Lipinski definition) is 3. The molecule has 0 aliphatic carbocycles. The van der Waals surface area contributed by atoms with Crippen LogP contribution in [-0.2, 0) is 4.74 Å². The molecule has 48 valence electrons. The maximum absolute atomic E-state index is 7.80. The normalized spacial score (nSPS) is 11.8. The maximum Gasteiger partial charge on any atom is 0.0701 e. The predicted molar refractivity (Wildman–Crippen MR) is 31.3 cm³/mol. The van der Waals surface area contributed by atoms with Gasteiger partial charge in [0.1, 0.15) is 0 Å². The van der Waals surface area contributed by atoms with Crippen LogP contribution in [0.2, 0.25) is 0 Å². The van der Waals surface area contributed by atoms with Crippen molar-refractivity contribution in [2.24, 2.45) is 0 Å². The van der Waals surface area contributed by atoms with Crippen LogP contribution in [0.15, 0.2) is 0 Å². The fourth-order valence-corrected chi connectivity index (χ4v) is 0.112. The number of rotatable bonds is 1. The Balaban J connectivity index is 0.000000173. The van der Waals surface area contributed by atoms with E-state index >= 15 is 0 Å². The molecular weight excluding hydrogens is 116 g/mol. The summed E-state index contributed by atoms with van der Waals surface area (Å²) in [6, 6.07) is 3.69. The van der Waals surface area contributed by atoms with E-state index in [1.807, 2.05) is 12.1 Å². The number of unbranched alkanes of at least 4 members (excludes halogenated alkanes) is 1. The first kappa shape index (κ1) is 7.94. The largest absolute Gasteiger partial charge is 0.377 e. The van der Waals surface area contributed by atoms with E-state index in [0.717, 1.165) is 13.2 Å². The molecule has 1 aliphatic rings. The lowest BCUT2D eigenvalue weighted by molar-refractivity contribution is 0.475. The molecule has 0 aromatic heterocycles. The van der Waals surface area contributed by atoms with Gasteiger partial charge in [-0.05, 0) is 0 Å². The molecule has 0 N–H and O–H groups in total. The van der Waals surface area contributed by atoms with E-state index in [9.17, 15) is 0 Å². The number of nitrogens with zero attached hydrogens (tertiary/aromatic N) is 2. The molecule has 0 atom stereocenters. The molecule has 3 heteroatoms. The van der Waals surface area contributed by atoms with Crippen LogP contribution in [0.1, 0.15) is 12.8 Å². The van der Waals surface area contributed by atoms with Gasteiger partial charge < -0.3 is 4.74 Å². The van der Waals surface area contributed by atoms with Crippen molar-refractivity contribution in [1.82, 2.24) is 0 Å². The second-order valence-electron chi connectivity index (χ2n) is 1.43. The average molecular weight is 124 g/mol. The van der Waals surface area contributed by atoms with E-state index < -0.39 is 0 Å². The second kappa shape index (κ2) is 6.94. The SMILES string of the molecule is C1CO1.N#CCCC#N. The van der Waals surface area contributed by atoms with Gasteiger partial charge in [-0.1, -0.05) is 0 Å². The molecule has 1 aliphatic heterocycles. The first-order chi connectivity index (χ1) is 4.41. The van der Waals surface area contributed by atoms with Gasteiger partial charge in [0.25, 0.3) is 0 Å². The first-order valence-corrected chi connectivity index (χ1v) is 2.73. The first-order valence-electron chi connectivity index (χ1n) is 2.73. The summed E-state index contributed by atoms with van der Waals surface area (Å²) in [5.74, 6) is 0. The molecule has 0 aromatic rings. The minimum Gasteiger partial charge on any atom is -0.377 e. The summed E-state index contributed by atoms with van der Waals surface area (Å²) >= 11 is 0. The van der Waals surface area contributed by atoms with E-state index in [-0.39, 0.29) is 0 Å². The van der Waals surface area contributed by atoms with Crippen molar-refractivity contribution in [3.63, 3.8) is 0 Å².